The summed E-state index contributed by atoms with van der Waals surface area (Å²) in [5.74, 6) is -1.01. The topological polar surface area (TPSA) is 105 Å². The van der Waals surface area contributed by atoms with Crippen LogP contribution in [-0.4, -0.2) is 36.9 Å². The van der Waals surface area contributed by atoms with Crippen LogP contribution in [-0.2, 0) is 7.05 Å². The van der Waals surface area contributed by atoms with Crippen LogP contribution < -0.4 is 5.56 Å². The number of H-pyrrole nitrogens is 1. The van der Waals surface area contributed by atoms with Crippen LogP contribution in [0.2, 0.25) is 0 Å². The van der Waals surface area contributed by atoms with E-state index >= 15 is 0 Å². The molecule has 8 nitrogen and oxygen atoms in total. The van der Waals surface area contributed by atoms with Gasteiger partial charge in [0.15, 0.2) is 0 Å². The highest BCUT2D eigenvalue weighted by Gasteiger charge is 2.13. The molecule has 0 unspecified atom stereocenters. The van der Waals surface area contributed by atoms with E-state index in [-0.39, 0.29) is 11.1 Å². The molecule has 0 spiro atoms. The molecule has 0 aliphatic rings. The highest BCUT2D eigenvalue weighted by molar-refractivity contribution is 5.87. The molecule has 0 bridgehead atoms. The standard InChI is InChI=1S/C18H19N5O3/c1-10-15(9-19-16-11(2)20-22(4)12(16)3)17(24)23(21-10)14-7-5-13(6-8-14)18(25)26/h5-9,21H,1-4H3,(H,25,26). The van der Waals surface area contributed by atoms with E-state index < -0.39 is 5.97 Å². The number of hydrogen-bond donors (Lipinski definition) is 2. The van der Waals surface area contributed by atoms with E-state index in [1.54, 1.807) is 23.7 Å². The molecular weight excluding hydrogens is 334 g/mol. The van der Waals surface area contributed by atoms with Crippen LogP contribution in [0, 0.1) is 20.8 Å². The Morgan fingerprint density at radius 1 is 1.23 bits per heavy atom. The number of nitrogens with zero attached hydrogens (tertiary/aromatic N) is 4. The molecule has 1 aromatic carbocycles. The Morgan fingerprint density at radius 2 is 1.88 bits per heavy atom. The van der Waals surface area contributed by atoms with Crippen molar-refractivity contribution in [3.63, 3.8) is 0 Å². The van der Waals surface area contributed by atoms with Gasteiger partial charge < -0.3 is 5.11 Å². The van der Waals surface area contributed by atoms with Crippen LogP contribution in [0.15, 0.2) is 34.1 Å². The quantitative estimate of drug-likeness (QED) is 0.702. The second kappa shape index (κ2) is 6.47. The molecule has 2 aromatic heterocycles. The number of carbonyl (C=O) groups is 1. The Balaban J connectivity index is 1.99. The molecule has 2 heterocycles. The maximum atomic E-state index is 12.7. The number of aromatic carboxylic acids is 1. The van der Waals surface area contributed by atoms with Crippen molar-refractivity contribution < 1.29 is 9.90 Å². The summed E-state index contributed by atoms with van der Waals surface area (Å²) in [5.41, 5.74) is 4.01. The molecule has 0 saturated heterocycles. The monoisotopic (exact) mass is 353 g/mol. The molecule has 2 N–H and O–H groups in total. The third-order valence-electron chi connectivity index (χ3n) is 4.28. The van der Waals surface area contributed by atoms with E-state index in [1.807, 2.05) is 20.9 Å². The van der Waals surface area contributed by atoms with Crippen molar-refractivity contribution >= 4 is 17.9 Å². The number of hydrogen-bond acceptors (Lipinski definition) is 4. The summed E-state index contributed by atoms with van der Waals surface area (Å²) in [4.78, 5) is 28.1. The number of carboxylic acids is 1. The van der Waals surface area contributed by atoms with Gasteiger partial charge in [-0.1, -0.05) is 0 Å². The molecule has 0 radical (unpaired) electrons. The van der Waals surface area contributed by atoms with E-state index in [2.05, 4.69) is 15.2 Å². The van der Waals surface area contributed by atoms with Gasteiger partial charge in [-0.2, -0.15) is 5.10 Å². The number of aromatic amines is 1. The minimum absolute atomic E-state index is 0.161. The Morgan fingerprint density at radius 3 is 2.42 bits per heavy atom. The number of aromatic nitrogens is 4. The maximum absolute atomic E-state index is 12.7. The normalized spacial score (nSPS) is 11.4. The highest BCUT2D eigenvalue weighted by Crippen LogP contribution is 2.21. The lowest BCUT2D eigenvalue weighted by Crippen LogP contribution is -2.17. The Bertz CT molecular complexity index is 1070. The first-order valence-corrected chi connectivity index (χ1v) is 7.99. The average molecular weight is 353 g/mol. The van der Waals surface area contributed by atoms with Gasteiger partial charge in [-0.25, -0.2) is 9.48 Å². The van der Waals surface area contributed by atoms with Crippen LogP contribution in [0.5, 0.6) is 0 Å². The third-order valence-corrected chi connectivity index (χ3v) is 4.28. The van der Waals surface area contributed by atoms with Crippen molar-refractivity contribution in [3.8, 4) is 5.69 Å². The fraction of sp³-hybridized carbons (Fsp3) is 0.222. The van der Waals surface area contributed by atoms with Gasteiger partial charge in [0.05, 0.1) is 28.2 Å². The van der Waals surface area contributed by atoms with Crippen molar-refractivity contribution in [1.29, 1.82) is 0 Å². The lowest BCUT2D eigenvalue weighted by atomic mass is 10.2. The molecule has 0 aliphatic carbocycles. The first-order valence-electron chi connectivity index (χ1n) is 7.99. The number of rotatable bonds is 4. The summed E-state index contributed by atoms with van der Waals surface area (Å²) < 4.78 is 3.11. The zero-order valence-corrected chi connectivity index (χ0v) is 14.9. The Labute approximate surface area is 149 Å². The lowest BCUT2D eigenvalue weighted by Gasteiger charge is -2.01. The fourth-order valence-electron chi connectivity index (χ4n) is 2.72. The molecule has 8 heteroatoms. The molecule has 0 fully saturated rings. The summed E-state index contributed by atoms with van der Waals surface area (Å²) in [5, 5.41) is 16.3. The fourth-order valence-corrected chi connectivity index (χ4v) is 2.72. The van der Waals surface area contributed by atoms with Gasteiger partial charge in [-0.05, 0) is 45.0 Å². The summed E-state index contributed by atoms with van der Waals surface area (Å²) in [6, 6.07) is 6.07. The molecule has 26 heavy (non-hydrogen) atoms. The average Bonchev–Trinajstić information content (AvgIpc) is 3.02. The maximum Gasteiger partial charge on any atom is 0.335 e. The summed E-state index contributed by atoms with van der Waals surface area (Å²) >= 11 is 0. The molecule has 0 saturated carbocycles. The van der Waals surface area contributed by atoms with E-state index in [0.29, 0.717) is 16.9 Å². The number of benzene rings is 1. The van der Waals surface area contributed by atoms with Crippen LogP contribution in [0.25, 0.3) is 5.69 Å². The summed E-state index contributed by atoms with van der Waals surface area (Å²) in [6.07, 6.45) is 1.54. The lowest BCUT2D eigenvalue weighted by molar-refractivity contribution is 0.0697. The van der Waals surface area contributed by atoms with Gasteiger partial charge in [0, 0.05) is 19.0 Å². The van der Waals surface area contributed by atoms with Gasteiger partial charge in [0.2, 0.25) is 0 Å². The second-order valence-electron chi connectivity index (χ2n) is 6.04. The van der Waals surface area contributed by atoms with Crippen molar-refractivity contribution in [2.24, 2.45) is 12.0 Å². The number of aryl methyl sites for hydroxylation is 3. The molecule has 0 amide bonds. The van der Waals surface area contributed by atoms with Crippen LogP contribution >= 0.6 is 0 Å². The molecule has 3 rings (SSSR count). The van der Waals surface area contributed by atoms with Crippen molar-refractivity contribution in [2.45, 2.75) is 20.8 Å². The Kier molecular flexibility index (Phi) is 4.33. The molecule has 134 valence electrons. The van der Waals surface area contributed by atoms with Crippen molar-refractivity contribution in [3.05, 3.63) is 62.8 Å². The van der Waals surface area contributed by atoms with E-state index in [9.17, 15) is 9.59 Å². The number of aliphatic imine (C=N–C) groups is 1. The molecule has 0 atom stereocenters. The summed E-state index contributed by atoms with van der Waals surface area (Å²) in [7, 11) is 1.84. The largest absolute Gasteiger partial charge is 0.478 e. The van der Waals surface area contributed by atoms with Gasteiger partial charge in [-0.3, -0.25) is 19.6 Å². The van der Waals surface area contributed by atoms with Gasteiger partial charge in [0.25, 0.3) is 5.56 Å². The summed E-state index contributed by atoms with van der Waals surface area (Å²) in [6.45, 7) is 5.57. The van der Waals surface area contributed by atoms with E-state index in [0.717, 1.165) is 17.1 Å². The second-order valence-corrected chi connectivity index (χ2v) is 6.04. The van der Waals surface area contributed by atoms with Crippen molar-refractivity contribution in [2.75, 3.05) is 0 Å². The highest BCUT2D eigenvalue weighted by atomic mass is 16.4. The third kappa shape index (κ3) is 2.97. The number of carboxylic acid groups (broad SMARTS) is 1. The van der Waals surface area contributed by atoms with E-state index in [4.69, 9.17) is 5.11 Å². The molecular formula is C18H19N5O3. The number of nitrogens with one attached hydrogen (secondary N) is 1. The van der Waals surface area contributed by atoms with Gasteiger partial charge in [-0.15, -0.1) is 0 Å². The Hall–Kier alpha value is -3.42. The van der Waals surface area contributed by atoms with Crippen LogP contribution in [0.1, 0.15) is 33.0 Å². The van der Waals surface area contributed by atoms with Crippen molar-refractivity contribution in [1.82, 2.24) is 19.6 Å². The van der Waals surface area contributed by atoms with Gasteiger partial charge in [0.1, 0.15) is 5.69 Å². The predicted molar refractivity (Wildman–Crippen MR) is 98.0 cm³/mol. The predicted octanol–water partition coefficient (Wildman–Crippen LogP) is 2.27. The van der Waals surface area contributed by atoms with E-state index in [1.165, 1.54) is 23.0 Å². The smallest absolute Gasteiger partial charge is 0.335 e. The minimum Gasteiger partial charge on any atom is -0.478 e. The minimum atomic E-state index is -1.01. The SMILES string of the molecule is Cc1nn(C)c(C)c1N=Cc1c(C)[nH]n(-c2ccc(C(=O)O)cc2)c1=O. The first-order chi connectivity index (χ1) is 12.3. The zero-order valence-electron chi connectivity index (χ0n) is 14.9. The zero-order chi connectivity index (χ0) is 19.0. The molecule has 3 aromatic rings. The van der Waals surface area contributed by atoms with Crippen LogP contribution in [0.4, 0.5) is 5.69 Å². The van der Waals surface area contributed by atoms with Gasteiger partial charge >= 0.3 is 5.97 Å². The first kappa shape index (κ1) is 17.4. The molecule has 0 aliphatic heterocycles. The van der Waals surface area contributed by atoms with Crippen LogP contribution in [0.3, 0.4) is 0 Å².